The van der Waals surface area contributed by atoms with Crippen molar-refractivity contribution in [1.29, 1.82) is 0 Å². The van der Waals surface area contributed by atoms with Crippen LogP contribution in [0.25, 0.3) is 0 Å². The van der Waals surface area contributed by atoms with Gasteiger partial charge in [0.1, 0.15) is 11.4 Å². The van der Waals surface area contributed by atoms with Crippen LogP contribution in [0, 0.1) is 5.41 Å². The van der Waals surface area contributed by atoms with E-state index in [0.29, 0.717) is 31.8 Å². The van der Waals surface area contributed by atoms with Gasteiger partial charge in [-0.25, -0.2) is 0 Å². The lowest BCUT2D eigenvalue weighted by atomic mass is 9.78. The number of piperidine rings is 1. The Bertz CT molecular complexity index is 678. The molecule has 1 amide bonds. The monoisotopic (exact) mass is 340 g/mol. The highest BCUT2D eigenvalue weighted by Crippen LogP contribution is 2.33. The van der Waals surface area contributed by atoms with Crippen molar-refractivity contribution in [3.63, 3.8) is 0 Å². The van der Waals surface area contributed by atoms with Gasteiger partial charge in [-0.1, -0.05) is 24.3 Å². The first-order valence-corrected chi connectivity index (χ1v) is 8.71. The molecular weight excluding hydrogens is 316 g/mol. The number of amides is 1. The Kier molecular flexibility index (Phi) is 5.66. The first-order valence-electron chi connectivity index (χ1n) is 8.71. The van der Waals surface area contributed by atoms with Crippen LogP contribution in [0.2, 0.25) is 0 Å². The summed E-state index contributed by atoms with van der Waals surface area (Å²) < 4.78 is 5.79. The largest absolute Gasteiger partial charge is 0.494 e. The second-order valence-corrected chi connectivity index (χ2v) is 6.61. The van der Waals surface area contributed by atoms with Gasteiger partial charge in [0.25, 0.3) is 5.91 Å². The van der Waals surface area contributed by atoms with Crippen molar-refractivity contribution in [2.75, 3.05) is 26.3 Å². The normalized spacial score (nSPS) is 20.3. The second kappa shape index (κ2) is 8.12. The van der Waals surface area contributed by atoms with Gasteiger partial charge in [0.05, 0.1) is 13.2 Å². The molecule has 1 aromatic carbocycles. The zero-order valence-electron chi connectivity index (χ0n) is 14.3. The zero-order valence-corrected chi connectivity index (χ0v) is 14.3. The van der Waals surface area contributed by atoms with Gasteiger partial charge in [0.2, 0.25) is 0 Å². The Hall–Kier alpha value is -2.40. The van der Waals surface area contributed by atoms with E-state index in [9.17, 15) is 9.90 Å². The highest BCUT2D eigenvalue weighted by atomic mass is 16.5. The number of aliphatic hydroxyl groups is 1. The molecule has 0 spiro atoms. The summed E-state index contributed by atoms with van der Waals surface area (Å²) in [6.45, 7) is 1.82. The maximum absolute atomic E-state index is 12.6. The van der Waals surface area contributed by atoms with Crippen LogP contribution in [0.4, 0.5) is 0 Å². The molecule has 1 aromatic heterocycles. The second-order valence-electron chi connectivity index (χ2n) is 6.61. The van der Waals surface area contributed by atoms with E-state index in [2.05, 4.69) is 4.98 Å². The number of hydrogen-bond donors (Lipinski definition) is 1. The maximum atomic E-state index is 12.6. The first kappa shape index (κ1) is 17.4. The standard InChI is InChI=1S/C20H24N2O3/c23-16-20(11-14-25-17-7-2-1-3-8-17)10-6-13-22(15-20)19(24)18-9-4-5-12-21-18/h1-5,7-9,12,23H,6,10-11,13-16H2/t20-/m0/s1. The molecule has 1 aliphatic rings. The number of pyridine rings is 1. The molecule has 2 aromatic rings. The molecule has 25 heavy (non-hydrogen) atoms. The highest BCUT2D eigenvalue weighted by molar-refractivity contribution is 5.92. The van der Waals surface area contributed by atoms with E-state index in [4.69, 9.17) is 4.74 Å². The molecule has 0 unspecified atom stereocenters. The molecule has 1 N–H and O–H groups in total. The van der Waals surface area contributed by atoms with Crippen molar-refractivity contribution < 1.29 is 14.6 Å². The predicted molar refractivity (Wildman–Crippen MR) is 95.4 cm³/mol. The number of aromatic nitrogens is 1. The molecule has 1 aliphatic heterocycles. The van der Waals surface area contributed by atoms with Crippen molar-refractivity contribution in [2.45, 2.75) is 19.3 Å². The Morgan fingerprint density at radius 3 is 2.72 bits per heavy atom. The molecule has 2 heterocycles. The average Bonchev–Trinajstić information content (AvgIpc) is 2.69. The fourth-order valence-corrected chi connectivity index (χ4v) is 3.35. The van der Waals surface area contributed by atoms with Crippen LogP contribution in [0.3, 0.4) is 0 Å². The number of carbonyl (C=O) groups is 1. The number of rotatable bonds is 6. The lowest BCUT2D eigenvalue weighted by molar-refractivity contribution is 0.0153. The number of likely N-dealkylation sites (tertiary alicyclic amines) is 1. The lowest BCUT2D eigenvalue weighted by Crippen LogP contribution is -2.48. The van der Waals surface area contributed by atoms with Gasteiger partial charge in [0.15, 0.2) is 0 Å². The Morgan fingerprint density at radius 2 is 2.00 bits per heavy atom. The smallest absolute Gasteiger partial charge is 0.272 e. The summed E-state index contributed by atoms with van der Waals surface area (Å²) in [5.41, 5.74) is 0.147. The summed E-state index contributed by atoms with van der Waals surface area (Å²) >= 11 is 0. The van der Waals surface area contributed by atoms with Crippen molar-refractivity contribution in [2.24, 2.45) is 5.41 Å². The van der Waals surface area contributed by atoms with Crippen molar-refractivity contribution >= 4 is 5.91 Å². The molecule has 132 valence electrons. The van der Waals surface area contributed by atoms with Crippen LogP contribution in [0.1, 0.15) is 29.8 Å². The molecular formula is C20H24N2O3. The fourth-order valence-electron chi connectivity index (χ4n) is 3.35. The molecule has 5 heteroatoms. The van der Waals surface area contributed by atoms with Gasteiger partial charge >= 0.3 is 0 Å². The molecule has 5 nitrogen and oxygen atoms in total. The molecule has 0 bridgehead atoms. The summed E-state index contributed by atoms with van der Waals surface area (Å²) in [4.78, 5) is 18.6. The van der Waals surface area contributed by atoms with Gasteiger partial charge < -0.3 is 14.7 Å². The zero-order chi connectivity index (χ0) is 17.5. The number of benzene rings is 1. The summed E-state index contributed by atoms with van der Waals surface area (Å²) in [7, 11) is 0. The number of para-hydroxylation sites is 1. The minimum absolute atomic E-state index is 0.0527. The Morgan fingerprint density at radius 1 is 1.20 bits per heavy atom. The van der Waals surface area contributed by atoms with Crippen LogP contribution >= 0.6 is 0 Å². The molecule has 3 rings (SSSR count). The van der Waals surface area contributed by atoms with Gasteiger partial charge in [0, 0.05) is 24.7 Å². The average molecular weight is 340 g/mol. The van der Waals surface area contributed by atoms with E-state index < -0.39 is 0 Å². The Balaban J connectivity index is 1.61. The van der Waals surface area contributed by atoms with Crippen LogP contribution in [0.5, 0.6) is 5.75 Å². The van der Waals surface area contributed by atoms with Crippen LogP contribution < -0.4 is 4.74 Å². The van der Waals surface area contributed by atoms with Crippen molar-refractivity contribution in [1.82, 2.24) is 9.88 Å². The summed E-state index contributed by atoms with van der Waals surface area (Å²) in [6, 6.07) is 15.0. The van der Waals surface area contributed by atoms with Crippen LogP contribution in [-0.2, 0) is 0 Å². The summed E-state index contributed by atoms with van der Waals surface area (Å²) in [6.07, 6.45) is 4.12. The number of carbonyl (C=O) groups excluding carboxylic acids is 1. The number of nitrogens with zero attached hydrogens (tertiary/aromatic N) is 2. The SMILES string of the molecule is O=C(c1ccccn1)N1CCC[C@](CO)(CCOc2ccccc2)C1. The number of ether oxygens (including phenoxy) is 1. The lowest BCUT2D eigenvalue weighted by Gasteiger charge is -2.41. The molecule has 0 radical (unpaired) electrons. The van der Waals surface area contributed by atoms with Gasteiger partial charge in [-0.05, 0) is 43.5 Å². The van der Waals surface area contributed by atoms with Gasteiger partial charge in [-0.2, -0.15) is 0 Å². The van der Waals surface area contributed by atoms with Crippen molar-refractivity contribution in [3.05, 3.63) is 60.4 Å². The minimum atomic E-state index is -0.308. The third-order valence-corrected chi connectivity index (χ3v) is 4.81. The van der Waals surface area contributed by atoms with E-state index in [1.807, 2.05) is 41.3 Å². The van der Waals surface area contributed by atoms with Crippen LogP contribution in [0.15, 0.2) is 54.7 Å². The van der Waals surface area contributed by atoms with E-state index in [1.165, 1.54) is 0 Å². The maximum Gasteiger partial charge on any atom is 0.272 e. The number of hydrogen-bond acceptors (Lipinski definition) is 4. The molecule has 0 aliphatic carbocycles. The molecule has 1 atom stereocenters. The van der Waals surface area contributed by atoms with E-state index in [1.54, 1.807) is 18.3 Å². The van der Waals surface area contributed by atoms with Gasteiger partial charge in [-0.15, -0.1) is 0 Å². The first-order chi connectivity index (χ1) is 12.2. The quantitative estimate of drug-likeness (QED) is 0.878. The highest BCUT2D eigenvalue weighted by Gasteiger charge is 2.37. The summed E-state index contributed by atoms with van der Waals surface area (Å²) in [5, 5.41) is 10.00. The molecule has 1 fully saturated rings. The summed E-state index contributed by atoms with van der Waals surface area (Å²) in [5.74, 6) is 0.759. The molecule has 0 saturated carbocycles. The van der Waals surface area contributed by atoms with Crippen molar-refractivity contribution in [3.8, 4) is 5.75 Å². The van der Waals surface area contributed by atoms with Crippen LogP contribution in [-0.4, -0.2) is 47.2 Å². The topological polar surface area (TPSA) is 62.7 Å². The van der Waals surface area contributed by atoms with Gasteiger partial charge in [-0.3, -0.25) is 9.78 Å². The third-order valence-electron chi connectivity index (χ3n) is 4.81. The van der Waals surface area contributed by atoms with E-state index in [-0.39, 0.29) is 17.9 Å². The van der Waals surface area contributed by atoms with E-state index in [0.717, 1.165) is 18.6 Å². The van der Waals surface area contributed by atoms with E-state index >= 15 is 0 Å². The predicted octanol–water partition coefficient (Wildman–Crippen LogP) is 2.77. The third kappa shape index (κ3) is 4.37. The fraction of sp³-hybridized carbons (Fsp3) is 0.400. The molecule has 1 saturated heterocycles. The minimum Gasteiger partial charge on any atom is -0.494 e. The Labute approximate surface area is 148 Å². The number of aliphatic hydroxyl groups excluding tert-OH is 1.